The highest BCUT2D eigenvalue weighted by Crippen LogP contribution is 2.34. The maximum atomic E-state index is 10.2. The van der Waals surface area contributed by atoms with Gasteiger partial charge in [0, 0.05) is 11.5 Å². The fourth-order valence-corrected chi connectivity index (χ4v) is 3.44. The molecule has 2 aromatic carbocycles. The molecule has 2 aromatic rings. The van der Waals surface area contributed by atoms with E-state index in [-0.39, 0.29) is 24.7 Å². The molecule has 2 heterocycles. The molecular weight excluding hydrogens is 400 g/mol. The fourth-order valence-electron chi connectivity index (χ4n) is 3.44. The zero-order valence-electron chi connectivity index (χ0n) is 15.8. The normalized spacial score (nSPS) is 37.1. The molecule has 0 aromatic heterocycles. The molecular formula is C20H24O10. The van der Waals surface area contributed by atoms with Crippen molar-refractivity contribution in [2.45, 2.75) is 49.2 Å². The van der Waals surface area contributed by atoms with Gasteiger partial charge in [-0.05, 0) is 11.5 Å². The molecule has 10 heteroatoms. The van der Waals surface area contributed by atoms with Gasteiger partial charge >= 0.3 is 0 Å². The maximum absolute atomic E-state index is 10.2. The zero-order valence-corrected chi connectivity index (χ0v) is 15.8. The minimum atomic E-state index is -1.47. The Kier molecular flexibility index (Phi) is 6.09. The van der Waals surface area contributed by atoms with Crippen molar-refractivity contribution in [1.82, 2.24) is 0 Å². The lowest BCUT2D eigenvalue weighted by molar-refractivity contribution is -0.243. The minimum absolute atomic E-state index is 0.206. The van der Waals surface area contributed by atoms with E-state index in [0.717, 1.165) is 0 Å². The number of fused-ring (bicyclic) bond motifs is 1. The first kappa shape index (κ1) is 21.2. The van der Waals surface area contributed by atoms with Crippen LogP contribution in [0.4, 0.5) is 0 Å². The van der Waals surface area contributed by atoms with Gasteiger partial charge in [0.2, 0.25) is 12.6 Å². The van der Waals surface area contributed by atoms with Gasteiger partial charge in [-0.2, -0.15) is 0 Å². The topological polar surface area (TPSA) is 158 Å². The first-order valence-corrected chi connectivity index (χ1v) is 9.53. The number of ether oxygens (including phenoxy) is 4. The number of benzene rings is 2. The van der Waals surface area contributed by atoms with Crippen molar-refractivity contribution >= 4 is 10.8 Å². The molecule has 0 radical (unpaired) electrons. The first-order valence-electron chi connectivity index (χ1n) is 9.53. The third kappa shape index (κ3) is 4.09. The molecule has 30 heavy (non-hydrogen) atoms. The summed E-state index contributed by atoms with van der Waals surface area (Å²) in [5, 5.41) is 60.6. The van der Waals surface area contributed by atoms with Crippen LogP contribution < -0.4 is 9.47 Å². The zero-order chi connectivity index (χ0) is 21.4. The van der Waals surface area contributed by atoms with Crippen LogP contribution in [0.1, 0.15) is 0 Å². The number of aliphatic hydroxyl groups is 6. The van der Waals surface area contributed by atoms with Crippen LogP contribution in [0, 0.1) is 0 Å². The van der Waals surface area contributed by atoms with Crippen molar-refractivity contribution in [3.63, 3.8) is 0 Å². The van der Waals surface area contributed by atoms with E-state index in [4.69, 9.17) is 18.9 Å². The highest BCUT2D eigenvalue weighted by atomic mass is 16.7. The standard InChI is InChI=1S/C20H24O10/c21-12-7-27-19(17(25)15(12)23)29-10-5-9-3-1-2-4-11(9)14(6-10)30-20-18(26)16(24)13(22)8-28-20/h1-6,12-13,15-26H,7-8H2/t12-,13-,15+,16+,17-,18-,19+,20+/m1/s1. The van der Waals surface area contributed by atoms with Crippen LogP contribution in [0.5, 0.6) is 11.5 Å². The molecule has 2 aliphatic heterocycles. The van der Waals surface area contributed by atoms with Crippen LogP contribution >= 0.6 is 0 Å². The summed E-state index contributed by atoms with van der Waals surface area (Å²) < 4.78 is 22.0. The second-order valence-electron chi connectivity index (χ2n) is 7.38. The Morgan fingerprint density at radius 1 is 0.700 bits per heavy atom. The van der Waals surface area contributed by atoms with Gasteiger partial charge in [0.05, 0.1) is 13.2 Å². The van der Waals surface area contributed by atoms with Crippen molar-refractivity contribution < 1.29 is 49.6 Å². The molecule has 2 saturated heterocycles. The quantitative estimate of drug-likeness (QED) is 0.340. The molecule has 0 aliphatic carbocycles. The molecule has 2 aliphatic rings. The summed E-state index contributed by atoms with van der Waals surface area (Å²) in [6.07, 6.45) is -10.7. The summed E-state index contributed by atoms with van der Waals surface area (Å²) in [5.74, 6) is 0.504. The van der Waals surface area contributed by atoms with Crippen LogP contribution in [0.2, 0.25) is 0 Å². The van der Waals surface area contributed by atoms with Crippen molar-refractivity contribution in [3.05, 3.63) is 36.4 Å². The fraction of sp³-hybridized carbons (Fsp3) is 0.500. The van der Waals surface area contributed by atoms with E-state index in [1.54, 1.807) is 30.3 Å². The lowest BCUT2D eigenvalue weighted by Gasteiger charge is -2.36. The summed E-state index contributed by atoms with van der Waals surface area (Å²) in [5.41, 5.74) is 0. The molecule has 6 N–H and O–H groups in total. The van der Waals surface area contributed by atoms with Crippen molar-refractivity contribution in [2.75, 3.05) is 13.2 Å². The van der Waals surface area contributed by atoms with Gasteiger partial charge < -0.3 is 49.6 Å². The van der Waals surface area contributed by atoms with Crippen molar-refractivity contribution in [3.8, 4) is 11.5 Å². The second-order valence-corrected chi connectivity index (χ2v) is 7.38. The number of hydrogen-bond acceptors (Lipinski definition) is 10. The molecule has 8 atom stereocenters. The summed E-state index contributed by atoms with van der Waals surface area (Å²) in [7, 11) is 0. The molecule has 10 nitrogen and oxygen atoms in total. The average molecular weight is 424 g/mol. The van der Waals surface area contributed by atoms with E-state index < -0.39 is 49.2 Å². The Morgan fingerprint density at radius 2 is 1.27 bits per heavy atom. The van der Waals surface area contributed by atoms with Crippen LogP contribution in [0.25, 0.3) is 10.8 Å². The Hall–Kier alpha value is -2.02. The average Bonchev–Trinajstić information content (AvgIpc) is 2.74. The van der Waals surface area contributed by atoms with E-state index in [2.05, 4.69) is 0 Å². The number of rotatable bonds is 4. The van der Waals surface area contributed by atoms with Gasteiger partial charge in [-0.15, -0.1) is 0 Å². The minimum Gasteiger partial charge on any atom is -0.462 e. The number of aliphatic hydroxyl groups excluding tert-OH is 6. The van der Waals surface area contributed by atoms with Crippen LogP contribution in [-0.2, 0) is 9.47 Å². The Bertz CT molecular complexity index is 876. The SMILES string of the molecule is O[C@@H]1[C@@H](O)[C@H](Oc2cc(O[C@@H]3OC[C@@H](O)[C@H](O)[C@H]3O)c3ccccc3c2)OC[C@H]1O. The van der Waals surface area contributed by atoms with Crippen molar-refractivity contribution in [2.24, 2.45) is 0 Å². The van der Waals surface area contributed by atoms with E-state index in [0.29, 0.717) is 10.8 Å². The Morgan fingerprint density at radius 3 is 1.90 bits per heavy atom. The second kappa shape index (κ2) is 8.61. The summed E-state index contributed by atoms with van der Waals surface area (Å²) >= 11 is 0. The monoisotopic (exact) mass is 424 g/mol. The molecule has 164 valence electrons. The Balaban J connectivity index is 1.60. The Labute approximate surface area is 171 Å². The third-order valence-corrected chi connectivity index (χ3v) is 5.20. The van der Waals surface area contributed by atoms with Crippen LogP contribution in [0.15, 0.2) is 36.4 Å². The molecule has 0 bridgehead atoms. The van der Waals surface area contributed by atoms with E-state index in [1.165, 1.54) is 6.07 Å². The first-order chi connectivity index (χ1) is 14.3. The number of hydrogen-bond donors (Lipinski definition) is 6. The largest absolute Gasteiger partial charge is 0.462 e. The van der Waals surface area contributed by atoms with Gasteiger partial charge in [-0.3, -0.25) is 0 Å². The smallest absolute Gasteiger partial charge is 0.228 e. The molecule has 2 fully saturated rings. The molecule has 0 amide bonds. The summed E-state index contributed by atoms with van der Waals surface area (Å²) in [4.78, 5) is 0. The summed E-state index contributed by atoms with van der Waals surface area (Å²) in [6, 6.07) is 10.3. The lowest BCUT2D eigenvalue weighted by atomic mass is 10.0. The maximum Gasteiger partial charge on any atom is 0.228 e. The van der Waals surface area contributed by atoms with Gasteiger partial charge in [0.25, 0.3) is 0 Å². The third-order valence-electron chi connectivity index (χ3n) is 5.20. The van der Waals surface area contributed by atoms with E-state index in [1.807, 2.05) is 0 Å². The van der Waals surface area contributed by atoms with Gasteiger partial charge in [-0.25, -0.2) is 0 Å². The van der Waals surface area contributed by atoms with Gasteiger partial charge in [0.1, 0.15) is 48.1 Å². The van der Waals surface area contributed by atoms with Gasteiger partial charge in [-0.1, -0.05) is 24.3 Å². The highest BCUT2D eigenvalue weighted by Gasteiger charge is 2.40. The van der Waals surface area contributed by atoms with Crippen LogP contribution in [-0.4, -0.2) is 93.1 Å². The summed E-state index contributed by atoms with van der Waals surface area (Å²) in [6.45, 7) is -0.415. The molecule has 0 spiro atoms. The van der Waals surface area contributed by atoms with E-state index in [9.17, 15) is 30.6 Å². The predicted molar refractivity (Wildman–Crippen MR) is 101 cm³/mol. The molecule has 4 rings (SSSR count). The molecule has 0 unspecified atom stereocenters. The lowest BCUT2D eigenvalue weighted by Crippen LogP contribution is -2.55. The predicted octanol–water partition coefficient (Wildman–Crippen LogP) is -1.52. The van der Waals surface area contributed by atoms with Gasteiger partial charge in [0.15, 0.2) is 0 Å². The van der Waals surface area contributed by atoms with Crippen LogP contribution in [0.3, 0.4) is 0 Å². The highest BCUT2D eigenvalue weighted by molar-refractivity contribution is 5.89. The van der Waals surface area contributed by atoms with E-state index >= 15 is 0 Å². The van der Waals surface area contributed by atoms with Crippen molar-refractivity contribution in [1.29, 1.82) is 0 Å². The molecule has 0 saturated carbocycles.